The van der Waals surface area contributed by atoms with E-state index in [9.17, 15) is 0 Å². The van der Waals surface area contributed by atoms with Gasteiger partial charge in [-0.1, -0.05) is 38.1 Å². The standard InChI is InChI=1S/C19H30N2/c1-14-10-15(2)19(11-20)21(12-14)13-17-8-5-7-16-6-3-4-9-18(16)17/h3-4,6,9,14-15,17,19H,5,7-8,10-13,20H2,1-2H3. The van der Waals surface area contributed by atoms with Gasteiger partial charge in [0.25, 0.3) is 0 Å². The first-order valence-corrected chi connectivity index (χ1v) is 8.71. The number of hydrogen-bond donors (Lipinski definition) is 1. The van der Waals surface area contributed by atoms with Gasteiger partial charge in [0.05, 0.1) is 0 Å². The van der Waals surface area contributed by atoms with E-state index in [2.05, 4.69) is 43.0 Å². The first-order valence-electron chi connectivity index (χ1n) is 8.71. The summed E-state index contributed by atoms with van der Waals surface area (Å²) in [6, 6.07) is 9.65. The smallest absolute Gasteiger partial charge is 0.0244 e. The quantitative estimate of drug-likeness (QED) is 0.922. The molecule has 1 heterocycles. The van der Waals surface area contributed by atoms with E-state index >= 15 is 0 Å². The van der Waals surface area contributed by atoms with Crippen molar-refractivity contribution in [1.29, 1.82) is 0 Å². The SMILES string of the molecule is CC1CC(C)C(CN)N(CC2CCCc3ccccc32)C1. The van der Waals surface area contributed by atoms with Crippen LogP contribution in [0, 0.1) is 11.8 Å². The third-order valence-electron chi connectivity index (χ3n) is 5.64. The number of nitrogens with two attached hydrogens (primary N) is 1. The topological polar surface area (TPSA) is 29.3 Å². The largest absolute Gasteiger partial charge is 0.329 e. The average Bonchev–Trinajstić information content (AvgIpc) is 2.47. The van der Waals surface area contributed by atoms with Crippen LogP contribution in [-0.2, 0) is 6.42 Å². The molecule has 116 valence electrons. The molecular formula is C19H30N2. The van der Waals surface area contributed by atoms with Crippen LogP contribution in [0.2, 0.25) is 0 Å². The molecule has 1 aromatic rings. The zero-order chi connectivity index (χ0) is 14.8. The van der Waals surface area contributed by atoms with Gasteiger partial charge in [-0.05, 0) is 54.6 Å². The fraction of sp³-hybridized carbons (Fsp3) is 0.684. The van der Waals surface area contributed by atoms with Crippen LogP contribution in [0.3, 0.4) is 0 Å². The number of hydrogen-bond acceptors (Lipinski definition) is 2. The van der Waals surface area contributed by atoms with Gasteiger partial charge in [-0.15, -0.1) is 0 Å². The van der Waals surface area contributed by atoms with Gasteiger partial charge in [-0.3, -0.25) is 4.90 Å². The first-order chi connectivity index (χ1) is 10.2. The van der Waals surface area contributed by atoms with Gasteiger partial charge in [0, 0.05) is 25.7 Å². The minimum absolute atomic E-state index is 0.579. The number of likely N-dealkylation sites (tertiary alicyclic amines) is 1. The van der Waals surface area contributed by atoms with Crippen LogP contribution < -0.4 is 5.73 Å². The number of nitrogens with zero attached hydrogens (tertiary/aromatic N) is 1. The molecule has 1 aliphatic carbocycles. The highest BCUT2D eigenvalue weighted by Gasteiger charge is 2.33. The molecule has 1 aromatic carbocycles. The lowest BCUT2D eigenvalue weighted by atomic mass is 9.80. The first kappa shape index (κ1) is 15.1. The van der Waals surface area contributed by atoms with E-state index < -0.39 is 0 Å². The fourth-order valence-corrected chi connectivity index (χ4v) is 4.68. The van der Waals surface area contributed by atoms with Gasteiger partial charge in [0.1, 0.15) is 0 Å². The molecule has 3 rings (SSSR count). The van der Waals surface area contributed by atoms with Crippen LogP contribution in [0.4, 0.5) is 0 Å². The number of piperidine rings is 1. The van der Waals surface area contributed by atoms with Crippen molar-refractivity contribution >= 4 is 0 Å². The monoisotopic (exact) mass is 286 g/mol. The Bertz CT molecular complexity index is 470. The van der Waals surface area contributed by atoms with E-state index in [0.29, 0.717) is 12.0 Å². The Morgan fingerprint density at radius 1 is 1.24 bits per heavy atom. The third-order valence-corrected chi connectivity index (χ3v) is 5.64. The van der Waals surface area contributed by atoms with Crippen molar-refractivity contribution in [2.75, 3.05) is 19.6 Å². The fourth-order valence-electron chi connectivity index (χ4n) is 4.68. The molecule has 0 spiro atoms. The van der Waals surface area contributed by atoms with Crippen LogP contribution in [0.5, 0.6) is 0 Å². The summed E-state index contributed by atoms with van der Waals surface area (Å²) in [4.78, 5) is 2.70. The summed E-state index contributed by atoms with van der Waals surface area (Å²) in [5.41, 5.74) is 9.27. The molecule has 2 nitrogen and oxygen atoms in total. The van der Waals surface area contributed by atoms with Crippen LogP contribution in [0.25, 0.3) is 0 Å². The zero-order valence-corrected chi connectivity index (χ0v) is 13.6. The molecule has 1 fully saturated rings. The minimum atomic E-state index is 0.579. The van der Waals surface area contributed by atoms with Crippen LogP contribution in [0.1, 0.15) is 50.2 Å². The van der Waals surface area contributed by atoms with E-state index in [1.54, 1.807) is 11.1 Å². The molecule has 21 heavy (non-hydrogen) atoms. The molecule has 1 aliphatic heterocycles. The van der Waals surface area contributed by atoms with Gasteiger partial charge in [0.2, 0.25) is 0 Å². The maximum absolute atomic E-state index is 6.09. The summed E-state index contributed by atoms with van der Waals surface area (Å²) < 4.78 is 0. The molecule has 4 unspecified atom stereocenters. The summed E-state index contributed by atoms with van der Waals surface area (Å²) in [6.07, 6.45) is 5.28. The van der Waals surface area contributed by atoms with E-state index in [4.69, 9.17) is 5.73 Å². The van der Waals surface area contributed by atoms with Crippen molar-refractivity contribution in [1.82, 2.24) is 4.90 Å². The lowest BCUT2D eigenvalue weighted by molar-refractivity contribution is 0.0660. The van der Waals surface area contributed by atoms with E-state index in [0.717, 1.165) is 18.4 Å². The predicted molar refractivity (Wildman–Crippen MR) is 89.5 cm³/mol. The summed E-state index contributed by atoms with van der Waals surface area (Å²) in [5, 5.41) is 0. The second-order valence-electron chi connectivity index (χ2n) is 7.36. The molecule has 0 aromatic heterocycles. The molecule has 0 saturated carbocycles. The second kappa shape index (κ2) is 6.50. The lowest BCUT2D eigenvalue weighted by Gasteiger charge is -2.44. The molecule has 1 saturated heterocycles. The zero-order valence-electron chi connectivity index (χ0n) is 13.6. The number of fused-ring (bicyclic) bond motifs is 1. The van der Waals surface area contributed by atoms with Gasteiger partial charge in [-0.2, -0.15) is 0 Å². The Morgan fingerprint density at radius 3 is 2.86 bits per heavy atom. The van der Waals surface area contributed by atoms with E-state index in [1.807, 2.05) is 0 Å². The van der Waals surface area contributed by atoms with Gasteiger partial charge in [0.15, 0.2) is 0 Å². The molecule has 0 bridgehead atoms. The Balaban J connectivity index is 1.76. The summed E-state index contributed by atoms with van der Waals surface area (Å²) >= 11 is 0. The molecule has 2 heteroatoms. The molecule has 2 aliphatic rings. The number of aryl methyl sites for hydroxylation is 1. The molecular weight excluding hydrogens is 256 g/mol. The normalized spacial score (nSPS) is 33.7. The van der Waals surface area contributed by atoms with Crippen LogP contribution in [0.15, 0.2) is 24.3 Å². The maximum Gasteiger partial charge on any atom is 0.0244 e. The maximum atomic E-state index is 6.09. The van der Waals surface area contributed by atoms with Crippen molar-refractivity contribution in [2.45, 2.75) is 51.5 Å². The highest BCUT2D eigenvalue weighted by molar-refractivity contribution is 5.32. The highest BCUT2D eigenvalue weighted by Crippen LogP contribution is 2.35. The second-order valence-corrected chi connectivity index (χ2v) is 7.36. The Hall–Kier alpha value is -0.860. The summed E-state index contributed by atoms with van der Waals surface area (Å²) in [7, 11) is 0. The van der Waals surface area contributed by atoms with Crippen molar-refractivity contribution in [3.8, 4) is 0 Å². The van der Waals surface area contributed by atoms with E-state index in [1.165, 1.54) is 38.8 Å². The third kappa shape index (κ3) is 3.17. The molecule has 2 N–H and O–H groups in total. The molecule has 0 radical (unpaired) electrons. The lowest BCUT2D eigenvalue weighted by Crippen LogP contribution is -2.52. The minimum Gasteiger partial charge on any atom is -0.329 e. The predicted octanol–water partition coefficient (Wildman–Crippen LogP) is 3.41. The van der Waals surface area contributed by atoms with Gasteiger partial charge < -0.3 is 5.73 Å². The van der Waals surface area contributed by atoms with Crippen molar-refractivity contribution in [3.05, 3.63) is 35.4 Å². The van der Waals surface area contributed by atoms with E-state index in [-0.39, 0.29) is 0 Å². The van der Waals surface area contributed by atoms with Crippen molar-refractivity contribution in [2.24, 2.45) is 17.6 Å². The van der Waals surface area contributed by atoms with Crippen molar-refractivity contribution < 1.29 is 0 Å². The summed E-state index contributed by atoms with van der Waals surface area (Å²) in [5.74, 6) is 2.25. The van der Waals surface area contributed by atoms with Crippen LogP contribution >= 0.6 is 0 Å². The number of rotatable bonds is 3. The highest BCUT2D eigenvalue weighted by atomic mass is 15.2. The average molecular weight is 286 g/mol. The molecule has 4 atom stereocenters. The molecule has 0 amide bonds. The van der Waals surface area contributed by atoms with Gasteiger partial charge in [-0.25, -0.2) is 0 Å². The van der Waals surface area contributed by atoms with Crippen LogP contribution in [-0.4, -0.2) is 30.6 Å². The Kier molecular flexibility index (Phi) is 4.66. The Labute approximate surface area is 129 Å². The summed E-state index contributed by atoms with van der Waals surface area (Å²) in [6.45, 7) is 8.01. The number of benzene rings is 1. The van der Waals surface area contributed by atoms with Crippen molar-refractivity contribution in [3.63, 3.8) is 0 Å². The Morgan fingerprint density at radius 2 is 2.05 bits per heavy atom. The van der Waals surface area contributed by atoms with Gasteiger partial charge >= 0.3 is 0 Å².